The van der Waals surface area contributed by atoms with Crippen LogP contribution < -0.4 is 0 Å². The van der Waals surface area contributed by atoms with Crippen molar-refractivity contribution in [1.82, 2.24) is 0 Å². The van der Waals surface area contributed by atoms with Crippen molar-refractivity contribution in [3.8, 4) is 0 Å². The van der Waals surface area contributed by atoms with E-state index in [0.29, 0.717) is 6.42 Å². The van der Waals surface area contributed by atoms with Crippen molar-refractivity contribution in [1.29, 1.82) is 0 Å². The predicted octanol–water partition coefficient (Wildman–Crippen LogP) is 2.10. The van der Waals surface area contributed by atoms with Gasteiger partial charge in [-0.3, -0.25) is 4.79 Å². The number of aliphatic hydroxyl groups is 1. The summed E-state index contributed by atoms with van der Waals surface area (Å²) >= 11 is 5.46. The lowest BCUT2D eigenvalue weighted by molar-refractivity contribution is -0.149. The zero-order valence-electron chi connectivity index (χ0n) is 8.67. The van der Waals surface area contributed by atoms with E-state index in [4.69, 9.17) is 21.4 Å². The molecule has 0 aromatic heterocycles. The molecule has 0 rings (SSSR count). The molecule has 0 fully saturated rings. The fourth-order valence-electron chi connectivity index (χ4n) is 1.06. The van der Waals surface area contributed by atoms with E-state index in [9.17, 15) is 4.79 Å². The molecule has 84 valence electrons. The highest BCUT2D eigenvalue weighted by molar-refractivity contribution is 6.18. The Hall–Kier alpha value is -0.280. The minimum absolute atomic E-state index is 0.150. The molecule has 3 nitrogen and oxygen atoms in total. The summed E-state index contributed by atoms with van der Waals surface area (Å²) < 4.78 is 4.91. The highest BCUT2D eigenvalue weighted by Crippen LogP contribution is 2.05. The van der Waals surface area contributed by atoms with Crippen molar-refractivity contribution >= 4 is 17.6 Å². The molecule has 4 heteroatoms. The number of rotatable bonds is 8. The predicted molar refractivity (Wildman–Crippen MR) is 56.4 cm³/mol. The van der Waals surface area contributed by atoms with Crippen LogP contribution in [0.15, 0.2) is 0 Å². The molecule has 14 heavy (non-hydrogen) atoms. The molecule has 0 spiro atoms. The highest BCUT2D eigenvalue weighted by Gasteiger charge is 2.11. The zero-order valence-corrected chi connectivity index (χ0v) is 9.42. The van der Waals surface area contributed by atoms with Gasteiger partial charge in [0.05, 0.1) is 12.5 Å². The normalized spacial score (nSPS) is 12.5. The first kappa shape index (κ1) is 13.7. The van der Waals surface area contributed by atoms with Gasteiger partial charge in [-0.2, -0.15) is 0 Å². The third kappa shape index (κ3) is 7.15. The summed E-state index contributed by atoms with van der Waals surface area (Å²) in [7, 11) is 0. The van der Waals surface area contributed by atoms with E-state index in [1.165, 1.54) is 0 Å². The maximum atomic E-state index is 11.1. The molecule has 0 radical (unpaired) electrons. The van der Waals surface area contributed by atoms with E-state index in [0.717, 1.165) is 25.7 Å². The molecule has 0 aliphatic rings. The molecule has 0 aliphatic heterocycles. The second kappa shape index (κ2) is 9.28. The largest absolute Gasteiger partial charge is 0.459 e. The maximum Gasteiger partial charge on any atom is 0.306 e. The van der Waals surface area contributed by atoms with Gasteiger partial charge in [0.1, 0.15) is 6.10 Å². The standard InChI is InChI=1S/C10H19ClO3/c1-2-3-4-5-6-10(13)14-9(7-11)8-12/h9,12H,2-8H2,1H3. The molecule has 0 saturated heterocycles. The number of halogens is 1. The van der Waals surface area contributed by atoms with Crippen LogP contribution in [0.1, 0.15) is 39.0 Å². The number of alkyl halides is 1. The first-order valence-electron chi connectivity index (χ1n) is 5.10. The summed E-state index contributed by atoms with van der Waals surface area (Å²) in [5.41, 5.74) is 0. The Morgan fingerprint density at radius 3 is 2.64 bits per heavy atom. The summed E-state index contributed by atoms with van der Waals surface area (Å²) in [6.07, 6.45) is 4.08. The summed E-state index contributed by atoms with van der Waals surface area (Å²) in [4.78, 5) is 11.1. The van der Waals surface area contributed by atoms with Crippen LogP contribution in [0.25, 0.3) is 0 Å². The van der Waals surface area contributed by atoms with Crippen LogP contribution in [-0.2, 0) is 9.53 Å². The number of ether oxygens (including phenoxy) is 1. The number of esters is 1. The van der Waals surface area contributed by atoms with Gasteiger partial charge in [-0.1, -0.05) is 26.2 Å². The Balaban J connectivity index is 3.44. The van der Waals surface area contributed by atoms with Crippen LogP contribution in [0.3, 0.4) is 0 Å². The highest BCUT2D eigenvalue weighted by atomic mass is 35.5. The van der Waals surface area contributed by atoms with E-state index in [1.807, 2.05) is 0 Å². The van der Waals surface area contributed by atoms with Crippen LogP contribution in [0, 0.1) is 0 Å². The lowest BCUT2D eigenvalue weighted by Crippen LogP contribution is -2.23. The molecule has 0 bridgehead atoms. The third-order valence-corrected chi connectivity index (χ3v) is 2.25. The van der Waals surface area contributed by atoms with Crippen molar-refractivity contribution in [2.24, 2.45) is 0 Å². The number of unbranched alkanes of at least 4 members (excludes halogenated alkanes) is 3. The first-order chi connectivity index (χ1) is 6.74. The molecule has 0 heterocycles. The van der Waals surface area contributed by atoms with Crippen molar-refractivity contribution in [3.05, 3.63) is 0 Å². The summed E-state index contributed by atoms with van der Waals surface area (Å²) in [6, 6.07) is 0. The quantitative estimate of drug-likeness (QED) is 0.389. The molecule has 0 saturated carbocycles. The van der Waals surface area contributed by atoms with E-state index < -0.39 is 6.10 Å². The second-order valence-electron chi connectivity index (χ2n) is 3.26. The first-order valence-corrected chi connectivity index (χ1v) is 5.64. The van der Waals surface area contributed by atoms with E-state index in [-0.39, 0.29) is 18.5 Å². The van der Waals surface area contributed by atoms with Crippen molar-refractivity contribution < 1.29 is 14.6 Å². The average Bonchev–Trinajstić information content (AvgIpc) is 2.21. The maximum absolute atomic E-state index is 11.1. The number of carbonyl (C=O) groups excluding carboxylic acids is 1. The van der Waals surface area contributed by atoms with Crippen molar-refractivity contribution in [2.75, 3.05) is 12.5 Å². The van der Waals surface area contributed by atoms with Crippen LogP contribution in [-0.4, -0.2) is 29.7 Å². The molecule has 1 atom stereocenters. The van der Waals surface area contributed by atoms with Gasteiger partial charge in [0.25, 0.3) is 0 Å². The van der Waals surface area contributed by atoms with Crippen LogP contribution in [0.4, 0.5) is 0 Å². The minimum Gasteiger partial charge on any atom is -0.459 e. The smallest absolute Gasteiger partial charge is 0.306 e. The zero-order chi connectivity index (χ0) is 10.8. The SMILES string of the molecule is CCCCCCC(=O)OC(CO)CCl. The van der Waals surface area contributed by atoms with E-state index in [1.54, 1.807) is 0 Å². The van der Waals surface area contributed by atoms with Crippen LogP contribution in [0.5, 0.6) is 0 Å². The van der Waals surface area contributed by atoms with Gasteiger partial charge in [-0.25, -0.2) is 0 Å². The molecule has 1 N–H and O–H groups in total. The fraction of sp³-hybridized carbons (Fsp3) is 0.900. The average molecular weight is 223 g/mol. The van der Waals surface area contributed by atoms with Gasteiger partial charge in [-0.15, -0.1) is 11.6 Å². The van der Waals surface area contributed by atoms with Gasteiger partial charge in [-0.05, 0) is 6.42 Å². The lowest BCUT2D eigenvalue weighted by Gasteiger charge is -2.11. The molecule has 0 amide bonds. The monoisotopic (exact) mass is 222 g/mol. The Kier molecular flexibility index (Phi) is 9.10. The van der Waals surface area contributed by atoms with Gasteiger partial charge in [0.15, 0.2) is 0 Å². The second-order valence-corrected chi connectivity index (χ2v) is 3.57. The molecular formula is C10H19ClO3. The minimum atomic E-state index is -0.546. The van der Waals surface area contributed by atoms with Gasteiger partial charge in [0.2, 0.25) is 0 Å². The molecule has 0 aromatic rings. The topological polar surface area (TPSA) is 46.5 Å². The molecule has 1 unspecified atom stereocenters. The van der Waals surface area contributed by atoms with Crippen LogP contribution >= 0.6 is 11.6 Å². The number of aliphatic hydroxyl groups excluding tert-OH is 1. The number of hydrogen-bond donors (Lipinski definition) is 1. The number of hydrogen-bond acceptors (Lipinski definition) is 3. The summed E-state index contributed by atoms with van der Waals surface area (Å²) in [5, 5.41) is 8.72. The summed E-state index contributed by atoms with van der Waals surface area (Å²) in [6.45, 7) is 1.91. The van der Waals surface area contributed by atoms with Gasteiger partial charge < -0.3 is 9.84 Å². The Morgan fingerprint density at radius 2 is 2.14 bits per heavy atom. The Morgan fingerprint density at radius 1 is 1.43 bits per heavy atom. The molecule has 0 aromatic carbocycles. The molecule has 0 aliphatic carbocycles. The van der Waals surface area contributed by atoms with E-state index in [2.05, 4.69) is 6.92 Å². The van der Waals surface area contributed by atoms with Crippen molar-refractivity contribution in [3.63, 3.8) is 0 Å². The van der Waals surface area contributed by atoms with Gasteiger partial charge >= 0.3 is 5.97 Å². The van der Waals surface area contributed by atoms with Crippen molar-refractivity contribution in [2.45, 2.75) is 45.1 Å². The fourth-order valence-corrected chi connectivity index (χ4v) is 1.22. The van der Waals surface area contributed by atoms with Gasteiger partial charge in [0, 0.05) is 6.42 Å². The summed E-state index contributed by atoms with van der Waals surface area (Å²) in [5.74, 6) is -0.113. The Bertz CT molecular complexity index is 146. The lowest BCUT2D eigenvalue weighted by atomic mass is 10.1. The van der Waals surface area contributed by atoms with E-state index >= 15 is 0 Å². The number of carbonyl (C=O) groups is 1. The Labute approximate surface area is 90.4 Å². The third-order valence-electron chi connectivity index (χ3n) is 1.91. The van der Waals surface area contributed by atoms with Crippen LogP contribution in [0.2, 0.25) is 0 Å². The molecular weight excluding hydrogens is 204 g/mol.